The van der Waals surface area contributed by atoms with Crippen molar-refractivity contribution in [3.8, 4) is 0 Å². The highest BCUT2D eigenvalue weighted by Gasteiger charge is 2.32. The third-order valence-corrected chi connectivity index (χ3v) is 7.90. The summed E-state index contributed by atoms with van der Waals surface area (Å²) >= 11 is 0. The first-order chi connectivity index (χ1) is 16.1. The van der Waals surface area contributed by atoms with E-state index < -0.39 is 10.0 Å². The molecule has 34 heavy (non-hydrogen) atoms. The van der Waals surface area contributed by atoms with Crippen LogP contribution in [-0.2, 0) is 19.5 Å². The van der Waals surface area contributed by atoms with Crippen molar-refractivity contribution < 1.29 is 22.7 Å². The van der Waals surface area contributed by atoms with E-state index in [-0.39, 0.29) is 35.2 Å². The second-order valence-electron chi connectivity index (χ2n) is 9.27. The van der Waals surface area contributed by atoms with Crippen LogP contribution in [0.3, 0.4) is 0 Å². The molecule has 0 aromatic heterocycles. The lowest BCUT2D eigenvalue weighted by Crippen LogP contribution is -2.48. The van der Waals surface area contributed by atoms with E-state index in [2.05, 4.69) is 24.1 Å². The summed E-state index contributed by atoms with van der Waals surface area (Å²) in [6.07, 6.45) is 0.0185. The molecule has 8 nitrogen and oxygen atoms in total. The Balaban J connectivity index is 1.40. The molecule has 2 heterocycles. The molecule has 2 aliphatic heterocycles. The molecular formula is C25H33N3O5S. The summed E-state index contributed by atoms with van der Waals surface area (Å²) < 4.78 is 38.9. The molecule has 2 aromatic carbocycles. The molecule has 1 amide bonds. The number of ether oxygens (including phenoxy) is 2. The number of anilines is 2. The molecule has 0 spiro atoms. The summed E-state index contributed by atoms with van der Waals surface area (Å²) in [5.41, 5.74) is 2.15. The van der Waals surface area contributed by atoms with Gasteiger partial charge < -0.3 is 19.7 Å². The van der Waals surface area contributed by atoms with Gasteiger partial charge in [-0.25, -0.2) is 8.42 Å². The third kappa shape index (κ3) is 5.60. The SMILES string of the molecule is CC1CN(c2ccc(NC(=O)c3ccc(S(=O)(=O)N4CC(C)OC(C)C4)cc3)cc2)CC(C)O1. The van der Waals surface area contributed by atoms with Crippen molar-refractivity contribution in [3.63, 3.8) is 0 Å². The van der Waals surface area contributed by atoms with Gasteiger partial charge in [0.1, 0.15) is 0 Å². The number of benzene rings is 2. The van der Waals surface area contributed by atoms with Crippen LogP contribution in [0.2, 0.25) is 0 Å². The van der Waals surface area contributed by atoms with Crippen LogP contribution in [0.1, 0.15) is 38.1 Å². The summed E-state index contributed by atoms with van der Waals surface area (Å²) in [5.74, 6) is -0.293. The smallest absolute Gasteiger partial charge is 0.255 e. The van der Waals surface area contributed by atoms with Gasteiger partial charge in [-0.15, -0.1) is 0 Å². The maximum absolute atomic E-state index is 13.0. The first kappa shape index (κ1) is 24.7. The first-order valence-corrected chi connectivity index (χ1v) is 13.1. The van der Waals surface area contributed by atoms with Gasteiger partial charge in [-0.3, -0.25) is 4.79 Å². The molecule has 0 saturated carbocycles. The number of nitrogens with one attached hydrogen (secondary N) is 1. The Bertz CT molecular complexity index is 1080. The van der Waals surface area contributed by atoms with Gasteiger partial charge in [0.25, 0.3) is 5.91 Å². The maximum Gasteiger partial charge on any atom is 0.255 e. The molecule has 184 valence electrons. The van der Waals surface area contributed by atoms with E-state index in [0.29, 0.717) is 24.3 Å². The van der Waals surface area contributed by atoms with Gasteiger partial charge in [0, 0.05) is 43.1 Å². The van der Waals surface area contributed by atoms with Crippen molar-refractivity contribution in [1.29, 1.82) is 0 Å². The molecule has 2 aromatic rings. The Morgan fingerprint density at radius 3 is 1.82 bits per heavy atom. The molecule has 2 saturated heterocycles. The minimum Gasteiger partial charge on any atom is -0.373 e. The minimum atomic E-state index is -3.64. The van der Waals surface area contributed by atoms with Gasteiger partial charge in [-0.2, -0.15) is 4.31 Å². The summed E-state index contributed by atoms with van der Waals surface area (Å²) in [4.78, 5) is 15.2. The lowest BCUT2D eigenvalue weighted by atomic mass is 10.1. The summed E-state index contributed by atoms with van der Waals surface area (Å²) in [5, 5.41) is 2.88. The van der Waals surface area contributed by atoms with Gasteiger partial charge in [-0.1, -0.05) is 0 Å². The number of hydrogen-bond acceptors (Lipinski definition) is 6. The Kier molecular flexibility index (Phi) is 7.28. The predicted molar refractivity (Wildman–Crippen MR) is 132 cm³/mol. The van der Waals surface area contributed by atoms with Crippen molar-refractivity contribution in [2.75, 3.05) is 36.4 Å². The molecule has 9 heteroatoms. The Morgan fingerprint density at radius 2 is 1.29 bits per heavy atom. The Morgan fingerprint density at radius 1 is 0.794 bits per heavy atom. The van der Waals surface area contributed by atoms with Gasteiger partial charge in [0.15, 0.2) is 0 Å². The van der Waals surface area contributed by atoms with Gasteiger partial charge in [0.05, 0.1) is 29.3 Å². The Hall–Kier alpha value is -2.46. The lowest BCUT2D eigenvalue weighted by molar-refractivity contribution is -0.0440. The molecule has 0 aliphatic carbocycles. The van der Waals surface area contributed by atoms with Crippen LogP contribution in [0.5, 0.6) is 0 Å². The zero-order valence-electron chi connectivity index (χ0n) is 20.1. The number of hydrogen-bond donors (Lipinski definition) is 1. The third-order valence-electron chi connectivity index (χ3n) is 6.05. The van der Waals surface area contributed by atoms with E-state index in [0.717, 1.165) is 18.8 Å². The second kappa shape index (κ2) is 10.0. The first-order valence-electron chi connectivity index (χ1n) is 11.7. The van der Waals surface area contributed by atoms with E-state index in [9.17, 15) is 13.2 Å². The van der Waals surface area contributed by atoms with E-state index in [1.54, 1.807) is 12.1 Å². The monoisotopic (exact) mass is 487 g/mol. The fourth-order valence-electron chi connectivity index (χ4n) is 4.60. The van der Waals surface area contributed by atoms with Crippen LogP contribution >= 0.6 is 0 Å². The number of sulfonamides is 1. The van der Waals surface area contributed by atoms with Crippen molar-refractivity contribution >= 4 is 27.3 Å². The average Bonchev–Trinajstić information content (AvgIpc) is 2.78. The highest BCUT2D eigenvalue weighted by Crippen LogP contribution is 2.24. The van der Waals surface area contributed by atoms with Gasteiger partial charge >= 0.3 is 0 Å². The minimum absolute atomic E-state index is 0.162. The van der Waals surface area contributed by atoms with Crippen molar-refractivity contribution in [2.45, 2.75) is 57.0 Å². The molecule has 4 rings (SSSR count). The molecule has 2 fully saturated rings. The summed E-state index contributed by atoms with van der Waals surface area (Å²) in [6.45, 7) is 10.1. The van der Waals surface area contributed by atoms with Crippen molar-refractivity contribution in [1.82, 2.24) is 4.31 Å². The van der Waals surface area contributed by atoms with Crippen LogP contribution in [-0.4, -0.2) is 69.2 Å². The van der Waals surface area contributed by atoms with Crippen molar-refractivity contribution in [3.05, 3.63) is 54.1 Å². The zero-order chi connectivity index (χ0) is 24.5. The fourth-order valence-corrected chi connectivity index (χ4v) is 6.19. The number of nitrogens with zero attached hydrogens (tertiary/aromatic N) is 2. The molecule has 2 aliphatic rings. The molecule has 0 bridgehead atoms. The summed E-state index contributed by atoms with van der Waals surface area (Å²) in [7, 11) is -3.64. The van der Waals surface area contributed by atoms with Gasteiger partial charge in [-0.05, 0) is 76.2 Å². The van der Waals surface area contributed by atoms with E-state index in [1.165, 1.54) is 16.4 Å². The molecule has 4 unspecified atom stereocenters. The fraction of sp³-hybridized carbons (Fsp3) is 0.480. The quantitative estimate of drug-likeness (QED) is 0.696. The van der Waals surface area contributed by atoms with E-state index in [4.69, 9.17) is 9.47 Å². The maximum atomic E-state index is 13.0. The van der Waals surface area contributed by atoms with Crippen LogP contribution in [0.15, 0.2) is 53.4 Å². The Labute approximate surface area is 201 Å². The largest absolute Gasteiger partial charge is 0.373 e. The molecular weight excluding hydrogens is 454 g/mol. The highest BCUT2D eigenvalue weighted by atomic mass is 32.2. The van der Waals surface area contributed by atoms with Crippen molar-refractivity contribution in [2.24, 2.45) is 0 Å². The number of morpholine rings is 2. The van der Waals surface area contributed by atoms with Gasteiger partial charge in [0.2, 0.25) is 10.0 Å². The normalized spacial score (nSPS) is 26.3. The van der Waals surface area contributed by atoms with Crippen LogP contribution in [0, 0.1) is 0 Å². The zero-order valence-corrected chi connectivity index (χ0v) is 20.9. The lowest BCUT2D eigenvalue weighted by Gasteiger charge is -2.36. The predicted octanol–water partition coefficient (Wildman–Crippen LogP) is 3.35. The summed E-state index contributed by atoms with van der Waals surface area (Å²) in [6, 6.07) is 13.8. The van der Waals surface area contributed by atoms with Crippen LogP contribution in [0.4, 0.5) is 11.4 Å². The molecule has 4 atom stereocenters. The second-order valence-corrected chi connectivity index (χ2v) is 11.2. The topological polar surface area (TPSA) is 88.2 Å². The number of carbonyl (C=O) groups excluding carboxylic acids is 1. The standard InChI is InChI=1S/C25H33N3O5S/c1-17-13-27(14-18(2)32-17)23-9-7-22(8-10-23)26-25(29)21-5-11-24(12-6-21)34(30,31)28-15-19(3)33-20(4)16-28/h5-12,17-20H,13-16H2,1-4H3,(H,26,29). The number of rotatable bonds is 5. The molecule has 0 radical (unpaired) electrons. The average molecular weight is 488 g/mol. The number of amides is 1. The van der Waals surface area contributed by atoms with Crippen LogP contribution in [0.25, 0.3) is 0 Å². The molecule has 1 N–H and O–H groups in total. The van der Waals surface area contributed by atoms with E-state index >= 15 is 0 Å². The number of carbonyl (C=O) groups is 1. The van der Waals surface area contributed by atoms with E-state index in [1.807, 2.05) is 38.1 Å². The highest BCUT2D eigenvalue weighted by molar-refractivity contribution is 7.89. The van der Waals surface area contributed by atoms with Crippen LogP contribution < -0.4 is 10.2 Å².